The van der Waals surface area contributed by atoms with Crippen molar-refractivity contribution in [1.29, 1.82) is 0 Å². The van der Waals surface area contributed by atoms with Crippen molar-refractivity contribution in [3.05, 3.63) is 83.1 Å². The number of fused-ring (bicyclic) bond motifs is 1. The number of carbonyl (C=O) groups is 2. The van der Waals surface area contributed by atoms with Gasteiger partial charge in [0.15, 0.2) is 5.82 Å². The summed E-state index contributed by atoms with van der Waals surface area (Å²) in [6.07, 6.45) is 1.64. The number of aromatic amines is 2. The van der Waals surface area contributed by atoms with Crippen molar-refractivity contribution in [3.8, 4) is 5.75 Å². The predicted molar refractivity (Wildman–Crippen MR) is 175 cm³/mol. The Morgan fingerprint density at radius 1 is 1.02 bits per heavy atom. The van der Waals surface area contributed by atoms with Gasteiger partial charge in [0.2, 0.25) is 10.0 Å². The number of ether oxygens (including phenoxy) is 1. The molecule has 0 aliphatic carbocycles. The predicted octanol–water partition coefficient (Wildman–Crippen LogP) is 3.62. The Morgan fingerprint density at radius 3 is 2.49 bits per heavy atom. The number of nitrogens with one attached hydrogen (secondary N) is 4. The molecule has 0 radical (unpaired) electrons. The fourth-order valence-electron chi connectivity index (χ4n) is 5.99. The zero-order valence-electron chi connectivity index (χ0n) is 26.6. The largest absolute Gasteiger partial charge is 0.497 e. The first-order chi connectivity index (χ1) is 22.4. The van der Waals surface area contributed by atoms with E-state index < -0.39 is 33.1 Å². The lowest BCUT2D eigenvalue weighted by Gasteiger charge is -2.37. The second-order valence-electron chi connectivity index (χ2n) is 12.4. The van der Waals surface area contributed by atoms with Gasteiger partial charge in [0, 0.05) is 80.0 Å². The summed E-state index contributed by atoms with van der Waals surface area (Å²) >= 11 is 0. The number of methoxy groups -OCH3 is 1. The van der Waals surface area contributed by atoms with Gasteiger partial charge in [-0.25, -0.2) is 12.8 Å². The van der Waals surface area contributed by atoms with E-state index in [1.165, 1.54) is 17.5 Å². The number of sulfonamides is 1. The number of likely N-dealkylation sites (N-methyl/N-ethyl adjacent to an activating group) is 1. The van der Waals surface area contributed by atoms with E-state index in [0.29, 0.717) is 22.6 Å². The zero-order chi connectivity index (χ0) is 33.5. The molecule has 0 unspecified atom stereocenters. The van der Waals surface area contributed by atoms with Crippen LogP contribution in [0.25, 0.3) is 0 Å². The number of hydrogen-bond donors (Lipinski definition) is 4. The van der Waals surface area contributed by atoms with E-state index in [-0.39, 0.29) is 35.1 Å². The summed E-state index contributed by atoms with van der Waals surface area (Å²) in [5.74, 6) is -1.46. The van der Waals surface area contributed by atoms with Crippen LogP contribution >= 0.6 is 0 Å². The molecule has 2 aliphatic heterocycles. The van der Waals surface area contributed by atoms with Gasteiger partial charge in [-0.05, 0) is 43.4 Å². The molecule has 47 heavy (non-hydrogen) atoms. The molecule has 2 amide bonds. The average molecular weight is 665 g/mol. The van der Waals surface area contributed by atoms with Gasteiger partial charge in [-0.15, -0.1) is 0 Å². The zero-order valence-corrected chi connectivity index (χ0v) is 27.4. The molecular weight excluding hydrogens is 627 g/mol. The number of aromatic nitrogens is 3. The van der Waals surface area contributed by atoms with Gasteiger partial charge >= 0.3 is 0 Å². The Hall–Kier alpha value is -4.73. The first-order valence-corrected chi connectivity index (χ1v) is 16.6. The van der Waals surface area contributed by atoms with Crippen LogP contribution in [0.2, 0.25) is 0 Å². The number of benzene rings is 2. The Kier molecular flexibility index (Phi) is 8.55. The van der Waals surface area contributed by atoms with E-state index in [4.69, 9.17) is 4.74 Å². The number of amides is 2. The summed E-state index contributed by atoms with van der Waals surface area (Å²) in [5.41, 5.74) is 2.13. The second kappa shape index (κ2) is 12.5. The molecule has 4 aromatic rings. The van der Waals surface area contributed by atoms with E-state index >= 15 is 0 Å². The van der Waals surface area contributed by atoms with Gasteiger partial charge in [0.25, 0.3) is 11.8 Å². The Labute approximate surface area is 272 Å². The monoisotopic (exact) mass is 664 g/mol. The second-order valence-corrected chi connectivity index (χ2v) is 14.4. The van der Waals surface area contributed by atoms with Crippen LogP contribution in [-0.4, -0.2) is 91.5 Å². The minimum atomic E-state index is -4.17. The molecule has 4 heterocycles. The summed E-state index contributed by atoms with van der Waals surface area (Å²) in [6, 6.07) is 12.0. The van der Waals surface area contributed by atoms with Crippen LogP contribution in [0.5, 0.6) is 5.75 Å². The maximum absolute atomic E-state index is 14.3. The normalized spacial score (nSPS) is 16.8. The molecule has 2 aromatic heterocycles. The van der Waals surface area contributed by atoms with Gasteiger partial charge in [-0.1, -0.05) is 13.8 Å². The highest BCUT2D eigenvalue weighted by Crippen LogP contribution is 2.38. The fourth-order valence-corrected chi connectivity index (χ4v) is 7.60. The third kappa shape index (κ3) is 6.46. The molecule has 2 aliphatic rings. The molecule has 1 fully saturated rings. The van der Waals surface area contributed by atoms with Crippen LogP contribution in [0.15, 0.2) is 59.6 Å². The summed E-state index contributed by atoms with van der Waals surface area (Å²) in [4.78, 5) is 34.0. The van der Waals surface area contributed by atoms with Crippen molar-refractivity contribution >= 4 is 39.0 Å². The van der Waals surface area contributed by atoms with E-state index in [1.54, 1.807) is 30.5 Å². The van der Waals surface area contributed by atoms with E-state index in [9.17, 15) is 22.4 Å². The molecule has 0 atom stereocenters. The minimum Gasteiger partial charge on any atom is -0.497 e. The van der Waals surface area contributed by atoms with Crippen molar-refractivity contribution < 1.29 is 27.1 Å². The van der Waals surface area contributed by atoms with E-state index in [1.807, 2.05) is 19.9 Å². The number of H-pyrrole nitrogens is 2. The molecule has 6 rings (SSSR count). The van der Waals surface area contributed by atoms with Gasteiger partial charge in [-0.3, -0.25) is 14.7 Å². The lowest BCUT2D eigenvalue weighted by Crippen LogP contribution is -2.45. The number of hydrogen-bond acceptors (Lipinski definition) is 8. The minimum absolute atomic E-state index is 0.0783. The van der Waals surface area contributed by atoms with Crippen LogP contribution in [0.4, 0.5) is 21.6 Å². The third-order valence-electron chi connectivity index (χ3n) is 8.61. The van der Waals surface area contributed by atoms with E-state index in [0.717, 1.165) is 44.0 Å². The maximum Gasteiger partial charge on any atom is 0.272 e. The number of anilines is 3. The molecule has 4 N–H and O–H groups in total. The van der Waals surface area contributed by atoms with Crippen LogP contribution in [0.1, 0.15) is 46.0 Å². The molecular formula is C32H37FN8O5S. The van der Waals surface area contributed by atoms with Gasteiger partial charge in [0.05, 0.1) is 23.3 Å². The molecule has 0 bridgehead atoms. The summed E-state index contributed by atoms with van der Waals surface area (Å²) < 4.78 is 48.1. The first kappa shape index (κ1) is 32.2. The van der Waals surface area contributed by atoms with Crippen molar-refractivity contribution in [2.24, 2.45) is 0 Å². The summed E-state index contributed by atoms with van der Waals surface area (Å²) in [7, 11) is -0.770. The molecule has 248 valence electrons. The number of carbonyl (C=O) groups excluding carboxylic acids is 2. The Bertz CT molecular complexity index is 1920. The molecule has 2 aromatic carbocycles. The van der Waals surface area contributed by atoms with Crippen molar-refractivity contribution in [2.75, 3.05) is 62.4 Å². The average Bonchev–Trinajstić information content (AvgIpc) is 3.72. The lowest BCUT2D eigenvalue weighted by atomic mass is 9.84. The summed E-state index contributed by atoms with van der Waals surface area (Å²) in [6.45, 7) is 7.03. The number of nitrogens with zero attached hydrogens (tertiary/aromatic N) is 4. The fraction of sp³-hybridized carbons (Fsp3) is 0.344. The molecule has 1 saturated heterocycles. The third-order valence-corrected chi connectivity index (χ3v) is 10.4. The quantitative estimate of drug-likeness (QED) is 0.223. The van der Waals surface area contributed by atoms with Crippen LogP contribution in [-0.2, 0) is 22.0 Å². The SMILES string of the molecule is COc1cc(F)cc(S(=O)(=O)N2Cc3c(NC(=O)c4ccc(N5CCN(C)CC5)cc4NC(=O)c4ccc[nH]4)n[nH]c3C(C)(C)C2)c1. The first-order valence-electron chi connectivity index (χ1n) is 15.1. The smallest absolute Gasteiger partial charge is 0.272 e. The number of rotatable bonds is 8. The van der Waals surface area contributed by atoms with Gasteiger partial charge in [0.1, 0.15) is 17.3 Å². The summed E-state index contributed by atoms with van der Waals surface area (Å²) in [5, 5.41) is 13.0. The van der Waals surface area contributed by atoms with Crippen LogP contribution in [0.3, 0.4) is 0 Å². The van der Waals surface area contributed by atoms with Crippen LogP contribution < -0.4 is 20.3 Å². The molecule has 0 spiro atoms. The van der Waals surface area contributed by atoms with E-state index in [2.05, 4.69) is 42.7 Å². The van der Waals surface area contributed by atoms with Crippen molar-refractivity contribution in [2.45, 2.75) is 30.7 Å². The highest BCUT2D eigenvalue weighted by Gasteiger charge is 2.41. The highest BCUT2D eigenvalue weighted by molar-refractivity contribution is 7.89. The molecule has 15 heteroatoms. The lowest BCUT2D eigenvalue weighted by molar-refractivity contribution is 0.102. The van der Waals surface area contributed by atoms with Crippen LogP contribution in [0, 0.1) is 5.82 Å². The Balaban J connectivity index is 1.30. The van der Waals surface area contributed by atoms with Crippen molar-refractivity contribution in [1.82, 2.24) is 24.4 Å². The maximum atomic E-state index is 14.3. The molecule has 0 saturated carbocycles. The number of halogens is 1. The molecule has 13 nitrogen and oxygen atoms in total. The van der Waals surface area contributed by atoms with Gasteiger partial charge in [-0.2, -0.15) is 9.40 Å². The van der Waals surface area contributed by atoms with Gasteiger partial charge < -0.3 is 30.2 Å². The Morgan fingerprint density at radius 2 is 1.79 bits per heavy atom. The van der Waals surface area contributed by atoms with Crippen molar-refractivity contribution in [3.63, 3.8) is 0 Å². The standard InChI is InChI=1S/C32H37FN8O5S/c1-32(2)19-41(47(44,45)23-15-20(33)14-22(17-23)46-4)18-25-28(32)37-38-29(25)36-30(42)24-8-7-21(40-12-10-39(3)11-13-40)16-27(24)35-31(43)26-6-5-9-34-26/h5-9,14-17,34H,10-13,18-19H2,1-4H3,(H,35,43)(H2,36,37,38,42). The number of piperazine rings is 1. The topological polar surface area (TPSA) is 156 Å². The highest BCUT2D eigenvalue weighted by atomic mass is 32.2.